The molecule has 0 saturated carbocycles. The SMILES string of the molecule is CN(C)CCCOc1cc(C(=O)O)n(Cc2ccccc2)n1.Nc1ccc(F)cc1Cl. The van der Waals surface area contributed by atoms with Gasteiger partial charge in [-0.25, -0.2) is 13.9 Å². The molecule has 0 fully saturated rings. The second kappa shape index (κ2) is 11.9. The summed E-state index contributed by atoms with van der Waals surface area (Å²) < 4.78 is 19.2. The van der Waals surface area contributed by atoms with Gasteiger partial charge in [-0.2, -0.15) is 0 Å². The Kier molecular flexibility index (Phi) is 9.30. The monoisotopic (exact) mass is 448 g/mol. The zero-order chi connectivity index (χ0) is 22.8. The van der Waals surface area contributed by atoms with Gasteiger partial charge in [0.05, 0.1) is 23.9 Å². The normalized spacial score (nSPS) is 10.5. The van der Waals surface area contributed by atoms with Crippen LogP contribution in [0.4, 0.5) is 10.1 Å². The Hall–Kier alpha value is -3.10. The van der Waals surface area contributed by atoms with Gasteiger partial charge in [-0.05, 0) is 44.3 Å². The highest BCUT2D eigenvalue weighted by molar-refractivity contribution is 6.33. The van der Waals surface area contributed by atoms with Gasteiger partial charge in [0.15, 0.2) is 5.69 Å². The molecule has 31 heavy (non-hydrogen) atoms. The smallest absolute Gasteiger partial charge is 0.354 e. The summed E-state index contributed by atoms with van der Waals surface area (Å²) >= 11 is 5.45. The van der Waals surface area contributed by atoms with Crippen LogP contribution in [0.5, 0.6) is 5.88 Å². The van der Waals surface area contributed by atoms with E-state index >= 15 is 0 Å². The molecule has 3 N–H and O–H groups in total. The van der Waals surface area contributed by atoms with Crippen LogP contribution in [0.1, 0.15) is 22.5 Å². The fourth-order valence-corrected chi connectivity index (χ4v) is 2.74. The number of benzene rings is 2. The molecule has 1 aromatic heterocycles. The van der Waals surface area contributed by atoms with Crippen LogP contribution in [0.2, 0.25) is 5.02 Å². The van der Waals surface area contributed by atoms with Gasteiger partial charge in [-0.3, -0.25) is 0 Å². The number of carbonyl (C=O) groups is 1. The Labute approximate surface area is 185 Å². The van der Waals surface area contributed by atoms with Crippen LogP contribution in [0, 0.1) is 5.82 Å². The van der Waals surface area contributed by atoms with Crippen LogP contribution in [0.15, 0.2) is 54.6 Å². The standard InChI is InChI=1S/C16H21N3O3.C6H5ClFN/c1-18(2)9-6-10-22-15-11-14(16(20)21)19(17-15)12-13-7-4-3-5-8-13;7-5-3-4(8)1-2-6(5)9/h3-5,7-8,11H,6,9-10,12H2,1-2H3,(H,20,21);1-3H,9H2. The molecule has 0 aliphatic heterocycles. The summed E-state index contributed by atoms with van der Waals surface area (Å²) in [4.78, 5) is 13.4. The van der Waals surface area contributed by atoms with Crippen molar-refractivity contribution >= 4 is 23.3 Å². The minimum Gasteiger partial charge on any atom is -0.477 e. The minimum absolute atomic E-state index is 0.131. The summed E-state index contributed by atoms with van der Waals surface area (Å²) in [6.45, 7) is 1.83. The van der Waals surface area contributed by atoms with Gasteiger partial charge in [-0.1, -0.05) is 41.9 Å². The maximum absolute atomic E-state index is 12.2. The summed E-state index contributed by atoms with van der Waals surface area (Å²) in [7, 11) is 3.99. The zero-order valence-electron chi connectivity index (χ0n) is 17.5. The lowest BCUT2D eigenvalue weighted by molar-refractivity contribution is 0.0684. The zero-order valence-corrected chi connectivity index (χ0v) is 18.2. The molecule has 0 bridgehead atoms. The molecule has 0 atom stereocenters. The van der Waals surface area contributed by atoms with Crippen LogP contribution in [0.25, 0.3) is 0 Å². The number of nitrogens with zero attached hydrogens (tertiary/aromatic N) is 3. The van der Waals surface area contributed by atoms with Crippen molar-refractivity contribution in [2.24, 2.45) is 0 Å². The molecule has 1 heterocycles. The Bertz CT molecular complexity index is 980. The van der Waals surface area contributed by atoms with Crippen LogP contribution in [-0.2, 0) is 6.54 Å². The molecule has 7 nitrogen and oxygen atoms in total. The number of hydrogen-bond donors (Lipinski definition) is 2. The molecule has 0 saturated heterocycles. The number of anilines is 1. The second-order valence-corrected chi connectivity index (χ2v) is 7.39. The molecule has 3 rings (SSSR count). The van der Waals surface area contributed by atoms with E-state index in [9.17, 15) is 14.3 Å². The molecular formula is C22H26ClFN4O3. The van der Waals surface area contributed by atoms with E-state index in [1.54, 1.807) is 0 Å². The van der Waals surface area contributed by atoms with E-state index in [0.717, 1.165) is 18.5 Å². The number of carboxylic acid groups (broad SMARTS) is 1. The number of nitrogens with two attached hydrogens (primary N) is 1. The van der Waals surface area contributed by atoms with Crippen LogP contribution >= 0.6 is 11.6 Å². The molecule has 0 radical (unpaired) electrons. The lowest BCUT2D eigenvalue weighted by Gasteiger charge is -2.08. The van der Waals surface area contributed by atoms with Crippen LogP contribution < -0.4 is 10.5 Å². The number of carboxylic acids is 1. The fraction of sp³-hybridized carbons (Fsp3) is 0.273. The van der Waals surface area contributed by atoms with Gasteiger partial charge < -0.3 is 20.5 Å². The maximum Gasteiger partial charge on any atom is 0.354 e. The molecule has 0 amide bonds. The maximum atomic E-state index is 12.2. The van der Waals surface area contributed by atoms with Crippen molar-refractivity contribution in [3.05, 3.63) is 76.7 Å². The van der Waals surface area contributed by atoms with Crippen LogP contribution in [-0.4, -0.2) is 53.0 Å². The van der Waals surface area contributed by atoms with Gasteiger partial charge in [-0.15, -0.1) is 5.10 Å². The molecule has 0 unspecified atom stereocenters. The summed E-state index contributed by atoms with van der Waals surface area (Å²) in [5.41, 5.74) is 6.81. The van der Waals surface area contributed by atoms with Crippen molar-refractivity contribution in [3.63, 3.8) is 0 Å². The number of hydrogen-bond acceptors (Lipinski definition) is 5. The van der Waals surface area contributed by atoms with E-state index in [0.29, 0.717) is 24.7 Å². The first-order valence-corrected chi connectivity index (χ1v) is 9.97. The second-order valence-electron chi connectivity index (χ2n) is 6.99. The molecular weight excluding hydrogens is 423 g/mol. The summed E-state index contributed by atoms with van der Waals surface area (Å²) in [5.74, 6) is -1.02. The fourth-order valence-electron chi connectivity index (χ4n) is 2.57. The van der Waals surface area contributed by atoms with Crippen molar-refractivity contribution in [2.75, 3.05) is 33.0 Å². The molecule has 3 aromatic rings. The predicted molar refractivity (Wildman–Crippen MR) is 119 cm³/mol. The van der Waals surface area contributed by atoms with E-state index < -0.39 is 5.97 Å². The molecule has 0 spiro atoms. The summed E-state index contributed by atoms with van der Waals surface area (Å²) in [6.07, 6.45) is 0.862. The van der Waals surface area contributed by atoms with E-state index in [1.807, 2.05) is 44.4 Å². The molecule has 0 aliphatic carbocycles. The van der Waals surface area contributed by atoms with Crippen molar-refractivity contribution in [1.82, 2.24) is 14.7 Å². The minimum atomic E-state index is -1.01. The largest absolute Gasteiger partial charge is 0.477 e. The highest BCUT2D eigenvalue weighted by atomic mass is 35.5. The third-order valence-corrected chi connectivity index (χ3v) is 4.44. The Morgan fingerprint density at radius 2 is 1.94 bits per heavy atom. The topological polar surface area (TPSA) is 93.6 Å². The quantitative estimate of drug-likeness (QED) is 0.399. The van der Waals surface area contributed by atoms with E-state index in [1.165, 1.54) is 28.9 Å². The first-order chi connectivity index (χ1) is 14.8. The number of rotatable bonds is 8. The number of halogens is 2. The molecule has 2 aromatic carbocycles. The van der Waals surface area contributed by atoms with E-state index in [2.05, 4.69) is 10.00 Å². The Morgan fingerprint density at radius 3 is 2.52 bits per heavy atom. The molecule has 166 valence electrons. The third-order valence-electron chi connectivity index (χ3n) is 4.11. The van der Waals surface area contributed by atoms with E-state index in [-0.39, 0.29) is 16.5 Å². The average molecular weight is 449 g/mol. The van der Waals surface area contributed by atoms with Gasteiger partial charge in [0.25, 0.3) is 0 Å². The number of nitrogen functional groups attached to an aromatic ring is 1. The Morgan fingerprint density at radius 1 is 1.23 bits per heavy atom. The average Bonchev–Trinajstić information content (AvgIpc) is 3.12. The molecule has 0 aliphatic rings. The highest BCUT2D eigenvalue weighted by Crippen LogP contribution is 2.18. The van der Waals surface area contributed by atoms with Gasteiger partial charge in [0.1, 0.15) is 5.82 Å². The van der Waals surface area contributed by atoms with Gasteiger partial charge in [0.2, 0.25) is 5.88 Å². The summed E-state index contributed by atoms with van der Waals surface area (Å²) in [6, 6.07) is 15.0. The van der Waals surface area contributed by atoms with Crippen molar-refractivity contribution in [1.29, 1.82) is 0 Å². The van der Waals surface area contributed by atoms with Crippen LogP contribution in [0.3, 0.4) is 0 Å². The van der Waals surface area contributed by atoms with Crippen molar-refractivity contribution in [3.8, 4) is 5.88 Å². The Balaban J connectivity index is 0.000000316. The van der Waals surface area contributed by atoms with Gasteiger partial charge in [0, 0.05) is 12.6 Å². The highest BCUT2D eigenvalue weighted by Gasteiger charge is 2.15. The molecule has 9 heteroatoms. The first-order valence-electron chi connectivity index (χ1n) is 9.59. The third kappa shape index (κ3) is 8.27. The lowest BCUT2D eigenvalue weighted by Crippen LogP contribution is -2.15. The predicted octanol–water partition coefficient (Wildman–Crippen LogP) is 4.02. The van der Waals surface area contributed by atoms with Crippen molar-refractivity contribution in [2.45, 2.75) is 13.0 Å². The lowest BCUT2D eigenvalue weighted by atomic mass is 10.2. The number of aromatic carboxylic acids is 1. The van der Waals surface area contributed by atoms with Gasteiger partial charge >= 0.3 is 5.97 Å². The summed E-state index contributed by atoms with van der Waals surface area (Å²) in [5, 5.41) is 13.8. The van der Waals surface area contributed by atoms with Crippen molar-refractivity contribution < 1.29 is 19.0 Å². The number of ether oxygens (including phenoxy) is 1. The van der Waals surface area contributed by atoms with E-state index in [4.69, 9.17) is 22.1 Å². The number of aromatic nitrogens is 2. The first kappa shape index (κ1) is 24.2.